The second kappa shape index (κ2) is 6.05. The van der Waals surface area contributed by atoms with Crippen LogP contribution in [0.4, 0.5) is 0 Å². The first-order chi connectivity index (χ1) is 9.49. The lowest BCUT2D eigenvalue weighted by atomic mass is 10.0. The molecule has 1 aliphatic heterocycles. The molecule has 0 saturated carbocycles. The van der Waals surface area contributed by atoms with Crippen molar-refractivity contribution in [1.82, 2.24) is 9.80 Å². The summed E-state index contributed by atoms with van der Waals surface area (Å²) in [5.41, 5.74) is 7.39. The Bertz CT molecular complexity index is 496. The minimum Gasteiger partial charge on any atom is -0.361 e. The number of benzene rings is 1. The molecule has 0 bridgehead atoms. The van der Waals surface area contributed by atoms with Crippen LogP contribution >= 0.6 is 0 Å². The Morgan fingerprint density at radius 3 is 2.50 bits per heavy atom. The van der Waals surface area contributed by atoms with E-state index in [1.165, 1.54) is 5.56 Å². The number of primary amides is 1. The smallest absolute Gasteiger partial charge is 0.312 e. The van der Waals surface area contributed by atoms with Crippen molar-refractivity contribution in [1.29, 1.82) is 0 Å². The molecule has 0 radical (unpaired) electrons. The van der Waals surface area contributed by atoms with Crippen LogP contribution in [0.2, 0.25) is 0 Å². The first kappa shape index (κ1) is 14.5. The van der Waals surface area contributed by atoms with Gasteiger partial charge in [0.05, 0.1) is 6.04 Å². The van der Waals surface area contributed by atoms with Gasteiger partial charge in [-0.3, -0.25) is 9.59 Å². The van der Waals surface area contributed by atoms with Crippen molar-refractivity contribution in [3.63, 3.8) is 0 Å². The van der Waals surface area contributed by atoms with Gasteiger partial charge in [0, 0.05) is 13.1 Å². The lowest BCUT2D eigenvalue weighted by Crippen LogP contribution is -2.39. The van der Waals surface area contributed by atoms with Gasteiger partial charge >= 0.3 is 11.8 Å². The number of hydrogen-bond donors (Lipinski definition) is 1. The molecular formula is C15H21N3O2. The van der Waals surface area contributed by atoms with Crippen LogP contribution in [0.15, 0.2) is 24.3 Å². The van der Waals surface area contributed by atoms with Crippen LogP contribution in [0.5, 0.6) is 0 Å². The highest BCUT2D eigenvalue weighted by Gasteiger charge is 2.32. The molecule has 0 aromatic heterocycles. The predicted octanol–water partition coefficient (Wildman–Crippen LogP) is 0.897. The summed E-state index contributed by atoms with van der Waals surface area (Å²) in [6, 6.07) is 8.19. The first-order valence-electron chi connectivity index (χ1n) is 6.83. The van der Waals surface area contributed by atoms with Crippen molar-refractivity contribution in [3.05, 3.63) is 35.4 Å². The standard InChI is InChI=1S/C15H21N3O2/c1-17(2)10-11-5-7-12(8-6-11)13-4-3-9-18(13)15(20)14(16)19/h5-8,13H,3-4,9-10H2,1-2H3,(H2,16,19). The Morgan fingerprint density at radius 2 is 1.95 bits per heavy atom. The summed E-state index contributed by atoms with van der Waals surface area (Å²) < 4.78 is 0. The topological polar surface area (TPSA) is 66.6 Å². The van der Waals surface area contributed by atoms with Gasteiger partial charge in [-0.15, -0.1) is 0 Å². The molecule has 5 nitrogen and oxygen atoms in total. The summed E-state index contributed by atoms with van der Waals surface area (Å²) in [6.45, 7) is 1.49. The zero-order chi connectivity index (χ0) is 14.7. The van der Waals surface area contributed by atoms with Crippen molar-refractivity contribution in [2.45, 2.75) is 25.4 Å². The van der Waals surface area contributed by atoms with Crippen molar-refractivity contribution >= 4 is 11.8 Å². The molecule has 1 saturated heterocycles. The van der Waals surface area contributed by atoms with Gasteiger partial charge in [0.1, 0.15) is 0 Å². The average molecular weight is 275 g/mol. The summed E-state index contributed by atoms with van der Waals surface area (Å²) in [4.78, 5) is 26.5. The highest BCUT2D eigenvalue weighted by Crippen LogP contribution is 2.32. The second-order valence-corrected chi connectivity index (χ2v) is 5.50. The third-order valence-electron chi connectivity index (χ3n) is 3.59. The molecule has 1 aliphatic rings. The number of likely N-dealkylation sites (tertiary alicyclic amines) is 1. The maximum atomic E-state index is 11.8. The normalized spacial score (nSPS) is 18.6. The Labute approximate surface area is 119 Å². The minimum atomic E-state index is -0.874. The molecule has 0 spiro atoms. The molecule has 2 amide bonds. The van der Waals surface area contributed by atoms with E-state index < -0.39 is 11.8 Å². The molecule has 1 fully saturated rings. The Hall–Kier alpha value is -1.88. The molecule has 1 unspecified atom stereocenters. The van der Waals surface area contributed by atoms with E-state index in [4.69, 9.17) is 5.73 Å². The first-order valence-corrected chi connectivity index (χ1v) is 6.83. The highest BCUT2D eigenvalue weighted by molar-refractivity contribution is 6.34. The zero-order valence-electron chi connectivity index (χ0n) is 12.0. The molecule has 1 heterocycles. The van der Waals surface area contributed by atoms with Gasteiger partial charge in [-0.1, -0.05) is 24.3 Å². The van der Waals surface area contributed by atoms with Crippen LogP contribution in [-0.2, 0) is 16.1 Å². The number of nitrogens with two attached hydrogens (primary N) is 1. The summed E-state index contributed by atoms with van der Waals surface area (Å²) in [5.74, 6) is -1.45. The fraction of sp³-hybridized carbons (Fsp3) is 0.467. The SMILES string of the molecule is CN(C)Cc1ccc(C2CCCN2C(=O)C(N)=O)cc1. The molecule has 108 valence electrons. The summed E-state index contributed by atoms with van der Waals surface area (Å²) in [7, 11) is 4.05. The fourth-order valence-electron chi connectivity index (χ4n) is 2.71. The molecule has 20 heavy (non-hydrogen) atoms. The molecule has 1 aromatic carbocycles. The molecule has 2 rings (SSSR count). The lowest BCUT2D eigenvalue weighted by Gasteiger charge is -2.24. The quantitative estimate of drug-likeness (QED) is 0.833. The maximum absolute atomic E-state index is 11.8. The lowest BCUT2D eigenvalue weighted by molar-refractivity contribution is -0.144. The maximum Gasteiger partial charge on any atom is 0.312 e. The molecule has 5 heteroatoms. The molecule has 1 aromatic rings. The van der Waals surface area contributed by atoms with Crippen LogP contribution in [0.3, 0.4) is 0 Å². The van der Waals surface area contributed by atoms with Crippen LogP contribution < -0.4 is 5.73 Å². The van der Waals surface area contributed by atoms with Crippen molar-refractivity contribution in [2.75, 3.05) is 20.6 Å². The molecule has 2 N–H and O–H groups in total. The third-order valence-corrected chi connectivity index (χ3v) is 3.59. The number of amides is 2. The second-order valence-electron chi connectivity index (χ2n) is 5.50. The van der Waals surface area contributed by atoms with E-state index in [0.717, 1.165) is 24.9 Å². The largest absolute Gasteiger partial charge is 0.361 e. The van der Waals surface area contributed by atoms with E-state index in [9.17, 15) is 9.59 Å². The van der Waals surface area contributed by atoms with Crippen LogP contribution in [0, 0.1) is 0 Å². The minimum absolute atomic E-state index is 0.0246. The number of hydrogen-bond acceptors (Lipinski definition) is 3. The third kappa shape index (κ3) is 3.17. The van der Waals surface area contributed by atoms with Gasteiger partial charge in [-0.2, -0.15) is 0 Å². The van der Waals surface area contributed by atoms with Gasteiger partial charge in [-0.05, 0) is 38.1 Å². The van der Waals surface area contributed by atoms with Crippen molar-refractivity contribution in [2.24, 2.45) is 5.73 Å². The number of rotatable bonds is 3. The number of nitrogens with zero attached hydrogens (tertiary/aromatic N) is 2. The van der Waals surface area contributed by atoms with E-state index in [-0.39, 0.29) is 6.04 Å². The van der Waals surface area contributed by atoms with Gasteiger partial charge in [0.25, 0.3) is 0 Å². The Kier molecular flexibility index (Phi) is 4.39. The summed E-state index contributed by atoms with van der Waals surface area (Å²) >= 11 is 0. The van der Waals surface area contributed by atoms with E-state index >= 15 is 0 Å². The van der Waals surface area contributed by atoms with Gasteiger partial charge in [-0.25, -0.2) is 0 Å². The van der Waals surface area contributed by atoms with Crippen molar-refractivity contribution < 1.29 is 9.59 Å². The molecule has 1 atom stereocenters. The molecular weight excluding hydrogens is 254 g/mol. The summed E-state index contributed by atoms with van der Waals surface area (Å²) in [6.07, 6.45) is 1.79. The Balaban J connectivity index is 2.14. The van der Waals surface area contributed by atoms with E-state index in [2.05, 4.69) is 17.0 Å². The van der Waals surface area contributed by atoms with Gasteiger partial charge < -0.3 is 15.5 Å². The Morgan fingerprint density at radius 1 is 1.30 bits per heavy atom. The average Bonchev–Trinajstić information content (AvgIpc) is 2.87. The van der Waals surface area contributed by atoms with Crippen molar-refractivity contribution in [3.8, 4) is 0 Å². The number of carbonyl (C=O) groups excluding carboxylic acids is 2. The highest BCUT2D eigenvalue weighted by atomic mass is 16.2. The molecule has 0 aliphatic carbocycles. The number of carbonyl (C=O) groups is 2. The monoisotopic (exact) mass is 275 g/mol. The predicted molar refractivity (Wildman–Crippen MR) is 76.7 cm³/mol. The van der Waals surface area contributed by atoms with Crippen LogP contribution in [0.25, 0.3) is 0 Å². The van der Waals surface area contributed by atoms with E-state index in [0.29, 0.717) is 6.54 Å². The fourth-order valence-corrected chi connectivity index (χ4v) is 2.71. The van der Waals surface area contributed by atoms with E-state index in [1.54, 1.807) is 4.90 Å². The summed E-state index contributed by atoms with van der Waals surface area (Å²) in [5, 5.41) is 0. The van der Waals surface area contributed by atoms with E-state index in [1.807, 2.05) is 26.2 Å². The zero-order valence-corrected chi connectivity index (χ0v) is 12.0. The van der Waals surface area contributed by atoms with Gasteiger partial charge in [0.2, 0.25) is 0 Å². The van der Waals surface area contributed by atoms with Crippen LogP contribution in [-0.4, -0.2) is 42.3 Å². The van der Waals surface area contributed by atoms with Gasteiger partial charge in [0.15, 0.2) is 0 Å². The van der Waals surface area contributed by atoms with Crippen LogP contribution in [0.1, 0.15) is 30.0 Å².